The average Bonchev–Trinajstić information content (AvgIpc) is 3.00. The fraction of sp³-hybridized carbons (Fsp3) is 0.500. The normalized spacial score (nSPS) is 19.8. The molecule has 0 N–H and O–H groups in total. The topological polar surface area (TPSA) is 60.1 Å². The van der Waals surface area contributed by atoms with E-state index in [1.54, 1.807) is 10.6 Å². The van der Waals surface area contributed by atoms with Gasteiger partial charge in [-0.2, -0.15) is 16.9 Å². The highest BCUT2D eigenvalue weighted by Gasteiger charge is 2.34. The Hall–Kier alpha value is -1.80. The van der Waals surface area contributed by atoms with Crippen LogP contribution in [0.5, 0.6) is 0 Å². The standard InChI is InChI=1S/C18H20ClFN4O2S/c19-15-10-13(20)4-3-12(15)11-24-18(26)23-5-1-2-14(16(23)21-24)17(25)22-6-8-27-9-7-22/h3-4,10,14H,1-2,5-9,11H2. The molecule has 27 heavy (non-hydrogen) atoms. The predicted molar refractivity (Wildman–Crippen MR) is 103 cm³/mol. The summed E-state index contributed by atoms with van der Waals surface area (Å²) in [6, 6.07) is 4.08. The number of carbonyl (C=O) groups excluding carboxylic acids is 1. The van der Waals surface area contributed by atoms with Crippen LogP contribution in [0.15, 0.2) is 23.0 Å². The molecule has 1 aromatic heterocycles. The molecule has 1 saturated heterocycles. The number of carbonyl (C=O) groups is 1. The Morgan fingerprint density at radius 2 is 2.07 bits per heavy atom. The van der Waals surface area contributed by atoms with Crippen molar-refractivity contribution in [1.29, 1.82) is 0 Å². The van der Waals surface area contributed by atoms with Gasteiger partial charge < -0.3 is 4.90 Å². The molecule has 3 heterocycles. The minimum atomic E-state index is -0.425. The van der Waals surface area contributed by atoms with Crippen LogP contribution in [0.1, 0.15) is 30.1 Å². The number of hydrogen-bond acceptors (Lipinski definition) is 4. The van der Waals surface area contributed by atoms with Gasteiger partial charge in [-0.1, -0.05) is 17.7 Å². The van der Waals surface area contributed by atoms with Gasteiger partial charge in [0.05, 0.1) is 12.5 Å². The number of hydrogen-bond donors (Lipinski definition) is 0. The average molecular weight is 411 g/mol. The molecular weight excluding hydrogens is 391 g/mol. The molecule has 1 aromatic carbocycles. The second-order valence-electron chi connectivity index (χ2n) is 6.82. The van der Waals surface area contributed by atoms with Crippen LogP contribution in [0.25, 0.3) is 0 Å². The summed E-state index contributed by atoms with van der Waals surface area (Å²) >= 11 is 7.94. The summed E-state index contributed by atoms with van der Waals surface area (Å²) in [7, 11) is 0. The van der Waals surface area contributed by atoms with Gasteiger partial charge in [-0.25, -0.2) is 13.9 Å². The Labute approximate surface area is 165 Å². The Kier molecular flexibility index (Phi) is 5.27. The Balaban J connectivity index is 1.63. The zero-order valence-corrected chi connectivity index (χ0v) is 16.3. The highest BCUT2D eigenvalue weighted by atomic mass is 35.5. The van der Waals surface area contributed by atoms with Crippen LogP contribution < -0.4 is 5.69 Å². The van der Waals surface area contributed by atoms with Gasteiger partial charge in [-0.05, 0) is 30.5 Å². The molecule has 9 heteroatoms. The molecule has 0 radical (unpaired) electrons. The van der Waals surface area contributed by atoms with Crippen molar-refractivity contribution in [2.45, 2.75) is 31.8 Å². The molecule has 0 bridgehead atoms. The van der Waals surface area contributed by atoms with E-state index in [2.05, 4.69) is 5.10 Å². The van der Waals surface area contributed by atoms with E-state index in [1.807, 2.05) is 16.7 Å². The first kappa shape index (κ1) is 18.6. The summed E-state index contributed by atoms with van der Waals surface area (Å²) in [6.07, 6.45) is 1.48. The van der Waals surface area contributed by atoms with E-state index in [0.717, 1.165) is 31.0 Å². The third kappa shape index (κ3) is 3.65. The molecule has 2 aliphatic rings. The van der Waals surface area contributed by atoms with Crippen molar-refractivity contribution >= 4 is 29.3 Å². The first-order valence-corrected chi connectivity index (χ1v) is 10.6. The number of rotatable bonds is 3. The van der Waals surface area contributed by atoms with E-state index in [4.69, 9.17) is 11.6 Å². The molecule has 2 aliphatic heterocycles. The summed E-state index contributed by atoms with van der Waals surface area (Å²) in [5, 5.41) is 4.72. The number of thioether (sulfide) groups is 1. The lowest BCUT2D eigenvalue weighted by molar-refractivity contribution is -0.133. The van der Waals surface area contributed by atoms with Crippen molar-refractivity contribution in [3.05, 3.63) is 50.9 Å². The number of fused-ring (bicyclic) bond motifs is 1. The fourth-order valence-electron chi connectivity index (χ4n) is 3.66. The molecule has 6 nitrogen and oxygen atoms in total. The van der Waals surface area contributed by atoms with Gasteiger partial charge in [-0.3, -0.25) is 9.36 Å². The van der Waals surface area contributed by atoms with Crippen LogP contribution in [-0.4, -0.2) is 49.7 Å². The lowest BCUT2D eigenvalue weighted by atomic mass is 9.97. The van der Waals surface area contributed by atoms with Gasteiger partial charge in [-0.15, -0.1) is 0 Å². The summed E-state index contributed by atoms with van der Waals surface area (Å²) in [5.74, 6) is 1.69. The first-order chi connectivity index (χ1) is 13.0. The summed E-state index contributed by atoms with van der Waals surface area (Å²) in [4.78, 5) is 27.6. The van der Waals surface area contributed by atoms with Crippen LogP contribution in [0.4, 0.5) is 4.39 Å². The van der Waals surface area contributed by atoms with Crippen LogP contribution in [0.3, 0.4) is 0 Å². The number of aromatic nitrogens is 3. The van der Waals surface area contributed by atoms with Crippen LogP contribution >= 0.6 is 23.4 Å². The number of amides is 1. The Bertz CT molecular complexity index is 923. The number of benzene rings is 1. The van der Waals surface area contributed by atoms with Gasteiger partial charge >= 0.3 is 5.69 Å². The third-order valence-electron chi connectivity index (χ3n) is 5.09. The van der Waals surface area contributed by atoms with Crippen LogP contribution in [-0.2, 0) is 17.9 Å². The molecule has 1 unspecified atom stereocenters. The molecule has 1 amide bonds. The molecule has 1 atom stereocenters. The molecule has 2 aromatic rings. The minimum Gasteiger partial charge on any atom is -0.340 e. The Morgan fingerprint density at radius 3 is 2.81 bits per heavy atom. The first-order valence-electron chi connectivity index (χ1n) is 9.02. The highest BCUT2D eigenvalue weighted by molar-refractivity contribution is 7.99. The zero-order chi connectivity index (χ0) is 19.0. The summed E-state index contributed by atoms with van der Waals surface area (Å²) < 4.78 is 16.2. The van der Waals surface area contributed by atoms with Crippen LogP contribution in [0.2, 0.25) is 5.02 Å². The molecule has 144 valence electrons. The summed E-state index contributed by atoms with van der Waals surface area (Å²) in [6.45, 7) is 2.20. The van der Waals surface area contributed by atoms with Gasteiger partial charge in [0.15, 0.2) is 0 Å². The van der Waals surface area contributed by atoms with Gasteiger partial charge in [0, 0.05) is 36.2 Å². The predicted octanol–water partition coefficient (Wildman–Crippen LogP) is 2.34. The van der Waals surface area contributed by atoms with Crippen molar-refractivity contribution in [1.82, 2.24) is 19.2 Å². The van der Waals surface area contributed by atoms with E-state index < -0.39 is 5.82 Å². The number of nitrogens with zero attached hydrogens (tertiary/aromatic N) is 4. The second-order valence-corrected chi connectivity index (χ2v) is 8.45. The molecule has 1 fully saturated rings. The van der Waals surface area contributed by atoms with Gasteiger partial charge in [0.2, 0.25) is 5.91 Å². The largest absolute Gasteiger partial charge is 0.346 e. The van der Waals surface area contributed by atoms with Gasteiger partial charge in [0.25, 0.3) is 0 Å². The van der Waals surface area contributed by atoms with E-state index in [9.17, 15) is 14.0 Å². The lowest BCUT2D eigenvalue weighted by Crippen LogP contribution is -2.42. The molecule has 0 spiro atoms. The number of halogens is 2. The smallest absolute Gasteiger partial charge is 0.340 e. The maximum absolute atomic E-state index is 13.3. The quantitative estimate of drug-likeness (QED) is 0.779. The minimum absolute atomic E-state index is 0.0632. The van der Waals surface area contributed by atoms with Crippen molar-refractivity contribution < 1.29 is 9.18 Å². The zero-order valence-electron chi connectivity index (χ0n) is 14.7. The highest BCUT2D eigenvalue weighted by Crippen LogP contribution is 2.28. The molecular formula is C18H20ClFN4O2S. The van der Waals surface area contributed by atoms with E-state index >= 15 is 0 Å². The maximum Gasteiger partial charge on any atom is 0.346 e. The third-order valence-corrected chi connectivity index (χ3v) is 6.39. The molecule has 0 saturated carbocycles. The fourth-order valence-corrected chi connectivity index (χ4v) is 4.79. The SMILES string of the molecule is O=C(C1CCCn2c1nn(Cc1ccc(F)cc1Cl)c2=O)N1CCSCC1. The molecule has 0 aliphatic carbocycles. The molecule has 4 rings (SSSR count). The van der Waals surface area contributed by atoms with E-state index in [0.29, 0.717) is 24.4 Å². The van der Waals surface area contributed by atoms with Crippen molar-refractivity contribution in [3.8, 4) is 0 Å². The second kappa shape index (κ2) is 7.67. The Morgan fingerprint density at radius 1 is 1.30 bits per heavy atom. The van der Waals surface area contributed by atoms with Gasteiger partial charge in [0.1, 0.15) is 11.6 Å². The monoisotopic (exact) mass is 410 g/mol. The maximum atomic E-state index is 13.3. The summed E-state index contributed by atoms with van der Waals surface area (Å²) in [5.41, 5.74) is 0.364. The lowest BCUT2D eigenvalue weighted by Gasteiger charge is -2.31. The van der Waals surface area contributed by atoms with Crippen molar-refractivity contribution in [2.24, 2.45) is 0 Å². The van der Waals surface area contributed by atoms with E-state index in [-0.39, 0.29) is 29.1 Å². The van der Waals surface area contributed by atoms with E-state index in [1.165, 1.54) is 16.8 Å². The van der Waals surface area contributed by atoms with Crippen LogP contribution in [0, 0.1) is 5.82 Å². The van der Waals surface area contributed by atoms with Crippen molar-refractivity contribution in [3.63, 3.8) is 0 Å². The van der Waals surface area contributed by atoms with Crippen molar-refractivity contribution in [2.75, 3.05) is 24.6 Å².